The monoisotopic (exact) mass is 197 g/mol. The molecular formula is C11H13F2N. The van der Waals surface area contributed by atoms with E-state index in [0.29, 0.717) is 24.1 Å². The van der Waals surface area contributed by atoms with Crippen LogP contribution in [0.4, 0.5) is 14.5 Å². The van der Waals surface area contributed by atoms with Gasteiger partial charge in [-0.15, -0.1) is 0 Å². The zero-order chi connectivity index (χ0) is 10.2. The first-order valence-electron chi connectivity index (χ1n) is 4.79. The van der Waals surface area contributed by atoms with Crippen LogP contribution in [-0.4, -0.2) is 12.2 Å². The first-order valence-corrected chi connectivity index (χ1v) is 4.79. The van der Waals surface area contributed by atoms with Gasteiger partial charge in [-0.05, 0) is 31.4 Å². The van der Waals surface area contributed by atoms with E-state index in [0.717, 1.165) is 0 Å². The third-order valence-electron chi connectivity index (χ3n) is 2.58. The van der Waals surface area contributed by atoms with E-state index in [-0.39, 0.29) is 12.4 Å². The summed E-state index contributed by atoms with van der Waals surface area (Å²) in [5, 5.41) is 2.81. The number of alkyl halides is 1. The third kappa shape index (κ3) is 1.86. The Morgan fingerprint density at radius 2 is 2.14 bits per heavy atom. The SMILES string of the molecule is Cc1cccc(NCC2(F)CC2)c1F. The van der Waals surface area contributed by atoms with Crippen molar-refractivity contribution in [1.29, 1.82) is 0 Å². The highest BCUT2D eigenvalue weighted by Crippen LogP contribution is 2.39. The van der Waals surface area contributed by atoms with E-state index in [1.807, 2.05) is 0 Å². The van der Waals surface area contributed by atoms with Gasteiger partial charge in [0.25, 0.3) is 0 Å². The van der Waals surface area contributed by atoms with Crippen molar-refractivity contribution in [3.05, 3.63) is 29.6 Å². The van der Waals surface area contributed by atoms with Crippen LogP contribution in [0.15, 0.2) is 18.2 Å². The summed E-state index contributed by atoms with van der Waals surface area (Å²) < 4.78 is 26.6. The molecule has 1 saturated carbocycles. The number of rotatable bonds is 3. The summed E-state index contributed by atoms with van der Waals surface area (Å²) in [4.78, 5) is 0. The molecule has 76 valence electrons. The molecule has 1 aliphatic carbocycles. The van der Waals surface area contributed by atoms with Crippen molar-refractivity contribution < 1.29 is 8.78 Å². The first kappa shape index (κ1) is 9.44. The number of hydrogen-bond acceptors (Lipinski definition) is 1. The van der Waals surface area contributed by atoms with Crippen molar-refractivity contribution in [2.24, 2.45) is 0 Å². The number of nitrogens with one attached hydrogen (secondary N) is 1. The van der Waals surface area contributed by atoms with Gasteiger partial charge < -0.3 is 5.32 Å². The molecule has 1 nitrogen and oxygen atoms in total. The Labute approximate surface area is 82.1 Å². The van der Waals surface area contributed by atoms with Crippen LogP contribution < -0.4 is 5.32 Å². The van der Waals surface area contributed by atoms with E-state index in [1.165, 1.54) is 0 Å². The molecule has 2 rings (SSSR count). The third-order valence-corrected chi connectivity index (χ3v) is 2.58. The lowest BCUT2D eigenvalue weighted by Crippen LogP contribution is -2.16. The molecule has 3 heteroatoms. The number of anilines is 1. The van der Waals surface area contributed by atoms with Crippen LogP contribution in [-0.2, 0) is 0 Å². The van der Waals surface area contributed by atoms with Gasteiger partial charge in [-0.25, -0.2) is 8.78 Å². The standard InChI is InChI=1S/C11H13F2N/c1-8-3-2-4-9(10(8)12)14-7-11(13)5-6-11/h2-4,14H,5-7H2,1H3. The predicted octanol–water partition coefficient (Wildman–Crippen LogP) is 3.05. The minimum Gasteiger partial charge on any atom is -0.379 e. The minimum atomic E-state index is -1.09. The molecule has 0 aromatic heterocycles. The number of aryl methyl sites for hydroxylation is 1. The van der Waals surface area contributed by atoms with E-state index in [9.17, 15) is 8.78 Å². The first-order chi connectivity index (χ1) is 6.61. The quantitative estimate of drug-likeness (QED) is 0.785. The van der Waals surface area contributed by atoms with E-state index in [2.05, 4.69) is 5.32 Å². The normalized spacial score (nSPS) is 17.9. The second-order valence-corrected chi connectivity index (χ2v) is 3.94. The van der Waals surface area contributed by atoms with E-state index < -0.39 is 5.67 Å². The summed E-state index contributed by atoms with van der Waals surface area (Å²) in [5.74, 6) is -0.281. The highest BCUT2D eigenvalue weighted by Gasteiger charge is 2.42. The lowest BCUT2D eigenvalue weighted by Gasteiger charge is -2.10. The predicted molar refractivity (Wildman–Crippen MR) is 52.7 cm³/mol. The van der Waals surface area contributed by atoms with Gasteiger partial charge in [0.05, 0.1) is 5.69 Å². The Morgan fingerprint density at radius 1 is 1.43 bits per heavy atom. The molecule has 0 amide bonds. The molecule has 0 spiro atoms. The van der Waals surface area contributed by atoms with Crippen molar-refractivity contribution in [2.75, 3.05) is 11.9 Å². The largest absolute Gasteiger partial charge is 0.379 e. The Hall–Kier alpha value is -1.12. The average molecular weight is 197 g/mol. The fourth-order valence-electron chi connectivity index (χ4n) is 1.35. The molecule has 1 aromatic rings. The molecule has 0 atom stereocenters. The van der Waals surface area contributed by atoms with Gasteiger partial charge in [0.15, 0.2) is 0 Å². The highest BCUT2D eigenvalue weighted by atomic mass is 19.1. The van der Waals surface area contributed by atoms with Gasteiger partial charge in [-0.1, -0.05) is 12.1 Å². The molecule has 0 unspecified atom stereocenters. The van der Waals surface area contributed by atoms with Gasteiger partial charge in [0.1, 0.15) is 11.5 Å². The average Bonchev–Trinajstić information content (AvgIpc) is 2.88. The summed E-state index contributed by atoms with van der Waals surface area (Å²) in [5.41, 5.74) is -0.108. The summed E-state index contributed by atoms with van der Waals surface area (Å²) in [6.45, 7) is 1.91. The van der Waals surface area contributed by atoms with E-state index in [1.54, 1.807) is 25.1 Å². The van der Waals surface area contributed by atoms with Gasteiger partial charge >= 0.3 is 0 Å². The molecule has 14 heavy (non-hydrogen) atoms. The van der Waals surface area contributed by atoms with Crippen molar-refractivity contribution in [2.45, 2.75) is 25.4 Å². The fourth-order valence-corrected chi connectivity index (χ4v) is 1.35. The molecule has 1 N–H and O–H groups in total. The maximum Gasteiger partial charge on any atom is 0.149 e. The van der Waals surface area contributed by atoms with Crippen LogP contribution in [0, 0.1) is 12.7 Å². The molecule has 0 saturated heterocycles. The minimum absolute atomic E-state index is 0.216. The number of benzene rings is 1. The Kier molecular flexibility index (Phi) is 2.17. The second-order valence-electron chi connectivity index (χ2n) is 3.94. The molecule has 1 fully saturated rings. The van der Waals surface area contributed by atoms with Crippen LogP contribution in [0.3, 0.4) is 0 Å². The second kappa shape index (κ2) is 3.23. The maximum absolute atomic E-state index is 13.4. The van der Waals surface area contributed by atoms with Crippen molar-refractivity contribution in [1.82, 2.24) is 0 Å². The molecule has 0 aliphatic heterocycles. The van der Waals surface area contributed by atoms with Crippen molar-refractivity contribution >= 4 is 5.69 Å². The lowest BCUT2D eigenvalue weighted by molar-refractivity contribution is 0.326. The van der Waals surface area contributed by atoms with Crippen LogP contribution in [0.1, 0.15) is 18.4 Å². The molecular weight excluding hydrogens is 184 g/mol. The zero-order valence-corrected chi connectivity index (χ0v) is 8.11. The van der Waals surface area contributed by atoms with Gasteiger partial charge in [0, 0.05) is 6.54 Å². The Balaban J connectivity index is 2.05. The summed E-state index contributed by atoms with van der Waals surface area (Å²) in [6, 6.07) is 5.09. The molecule has 0 bridgehead atoms. The van der Waals surface area contributed by atoms with E-state index >= 15 is 0 Å². The molecule has 1 aliphatic rings. The van der Waals surface area contributed by atoms with Gasteiger partial charge in [-0.3, -0.25) is 0 Å². The summed E-state index contributed by atoms with van der Waals surface area (Å²) in [6.07, 6.45) is 1.18. The number of hydrogen-bond donors (Lipinski definition) is 1. The van der Waals surface area contributed by atoms with Crippen LogP contribution in [0.25, 0.3) is 0 Å². The van der Waals surface area contributed by atoms with Crippen LogP contribution in [0.2, 0.25) is 0 Å². The Bertz CT molecular complexity index is 345. The zero-order valence-electron chi connectivity index (χ0n) is 8.11. The maximum atomic E-state index is 13.4. The summed E-state index contributed by atoms with van der Waals surface area (Å²) in [7, 11) is 0. The smallest absolute Gasteiger partial charge is 0.149 e. The highest BCUT2D eigenvalue weighted by molar-refractivity contribution is 5.47. The van der Waals surface area contributed by atoms with Crippen LogP contribution >= 0.6 is 0 Å². The number of halogens is 2. The van der Waals surface area contributed by atoms with Gasteiger partial charge in [0.2, 0.25) is 0 Å². The molecule has 1 aromatic carbocycles. The van der Waals surface area contributed by atoms with Crippen molar-refractivity contribution in [3.8, 4) is 0 Å². The topological polar surface area (TPSA) is 12.0 Å². The Morgan fingerprint density at radius 3 is 2.79 bits per heavy atom. The van der Waals surface area contributed by atoms with Crippen LogP contribution in [0.5, 0.6) is 0 Å². The van der Waals surface area contributed by atoms with Crippen molar-refractivity contribution in [3.63, 3.8) is 0 Å². The lowest BCUT2D eigenvalue weighted by atomic mass is 10.2. The fraction of sp³-hybridized carbons (Fsp3) is 0.455. The molecule has 0 radical (unpaired) electrons. The summed E-state index contributed by atoms with van der Waals surface area (Å²) >= 11 is 0. The molecule has 0 heterocycles. The van der Waals surface area contributed by atoms with Gasteiger partial charge in [-0.2, -0.15) is 0 Å². The van der Waals surface area contributed by atoms with E-state index in [4.69, 9.17) is 0 Å².